The fourth-order valence-corrected chi connectivity index (χ4v) is 1.78. The lowest BCUT2D eigenvalue weighted by Crippen LogP contribution is -1.93. The molecule has 0 saturated carbocycles. The first-order chi connectivity index (χ1) is 6.65. The van der Waals surface area contributed by atoms with Crippen LogP contribution in [0, 0.1) is 11.3 Å². The molecule has 0 aliphatic rings. The van der Waals surface area contributed by atoms with Crippen molar-refractivity contribution < 1.29 is 4.79 Å². The number of carbonyl (C=O) groups is 1. The van der Waals surface area contributed by atoms with Gasteiger partial charge in [0.25, 0.3) is 5.24 Å². The molecule has 0 N–H and O–H groups in total. The number of carbonyl (C=O) groups excluding carboxylic acids is 1. The van der Waals surface area contributed by atoms with Gasteiger partial charge in [0.2, 0.25) is 0 Å². The zero-order chi connectivity index (χ0) is 10.6. The minimum atomic E-state index is -0.490. The van der Waals surface area contributed by atoms with Gasteiger partial charge in [-0.1, -0.05) is 6.07 Å². The number of halogens is 2. The smallest absolute Gasteiger partial charge is 0.253 e. The Morgan fingerprint density at radius 2 is 2.29 bits per heavy atom. The average Bonchev–Trinajstić information content (AvgIpc) is 2.16. The van der Waals surface area contributed by atoms with Gasteiger partial charge in [-0.3, -0.25) is 4.79 Å². The summed E-state index contributed by atoms with van der Waals surface area (Å²) >= 11 is 8.61. The van der Waals surface area contributed by atoms with Crippen molar-refractivity contribution in [1.82, 2.24) is 0 Å². The number of nitrogens with zero attached hydrogens (tertiary/aromatic N) is 1. The number of aryl methyl sites for hydroxylation is 1. The summed E-state index contributed by atoms with van der Waals surface area (Å²) in [6.45, 7) is 0. The number of rotatable bonds is 3. The predicted octanol–water partition coefficient (Wildman–Crippen LogP) is 3.28. The second-order valence-corrected chi connectivity index (χ2v) is 3.94. The summed E-state index contributed by atoms with van der Waals surface area (Å²) < 4.78 is 0.679. The average molecular weight is 273 g/mol. The minimum absolute atomic E-state index is 0.442. The molecule has 0 heterocycles. The molecule has 14 heavy (non-hydrogen) atoms. The van der Waals surface area contributed by atoms with Crippen LogP contribution < -0.4 is 0 Å². The van der Waals surface area contributed by atoms with E-state index in [1.807, 2.05) is 12.1 Å². The molecule has 72 valence electrons. The SMILES string of the molecule is N#CCCc1ccc(Br)c(C(=O)Cl)c1. The first-order valence-corrected chi connectivity index (χ1v) is 5.17. The highest BCUT2D eigenvalue weighted by Crippen LogP contribution is 2.20. The highest BCUT2D eigenvalue weighted by atomic mass is 79.9. The molecular formula is C10H7BrClNO. The lowest BCUT2D eigenvalue weighted by Gasteiger charge is -2.02. The summed E-state index contributed by atoms with van der Waals surface area (Å²) in [4.78, 5) is 11.0. The predicted molar refractivity (Wildman–Crippen MR) is 58.3 cm³/mol. The first kappa shape index (κ1) is 11.2. The van der Waals surface area contributed by atoms with E-state index in [2.05, 4.69) is 15.9 Å². The van der Waals surface area contributed by atoms with Crippen LogP contribution in [0.2, 0.25) is 0 Å². The van der Waals surface area contributed by atoms with E-state index in [9.17, 15) is 4.79 Å². The van der Waals surface area contributed by atoms with Crippen LogP contribution in [0.15, 0.2) is 22.7 Å². The monoisotopic (exact) mass is 271 g/mol. The maximum Gasteiger partial charge on any atom is 0.253 e. The molecule has 4 heteroatoms. The van der Waals surface area contributed by atoms with Crippen molar-refractivity contribution in [2.45, 2.75) is 12.8 Å². The van der Waals surface area contributed by atoms with Gasteiger partial charge in [-0.2, -0.15) is 5.26 Å². The van der Waals surface area contributed by atoms with Crippen LogP contribution in [0.4, 0.5) is 0 Å². The highest BCUT2D eigenvalue weighted by molar-refractivity contribution is 9.10. The van der Waals surface area contributed by atoms with Crippen LogP contribution in [0.5, 0.6) is 0 Å². The summed E-state index contributed by atoms with van der Waals surface area (Å²) in [5, 5.41) is 7.92. The molecule has 0 atom stereocenters. The number of hydrogen-bond acceptors (Lipinski definition) is 2. The van der Waals surface area contributed by atoms with Gasteiger partial charge in [0.05, 0.1) is 6.07 Å². The Morgan fingerprint density at radius 3 is 2.86 bits per heavy atom. The molecule has 0 aromatic heterocycles. The van der Waals surface area contributed by atoms with Gasteiger partial charge in [-0.25, -0.2) is 0 Å². The van der Waals surface area contributed by atoms with Crippen molar-refractivity contribution in [2.24, 2.45) is 0 Å². The largest absolute Gasteiger partial charge is 0.276 e. The summed E-state index contributed by atoms with van der Waals surface area (Å²) in [7, 11) is 0. The highest BCUT2D eigenvalue weighted by Gasteiger charge is 2.07. The third kappa shape index (κ3) is 2.83. The standard InChI is InChI=1S/C10H7BrClNO/c11-9-4-3-7(2-1-5-13)6-8(9)10(12)14/h3-4,6H,1-2H2. The second kappa shape index (κ2) is 5.14. The third-order valence-corrected chi connectivity index (χ3v) is 2.66. The van der Waals surface area contributed by atoms with Crippen LogP contribution in [0.1, 0.15) is 22.3 Å². The van der Waals surface area contributed by atoms with Crippen LogP contribution in [-0.4, -0.2) is 5.24 Å². The van der Waals surface area contributed by atoms with Gasteiger partial charge < -0.3 is 0 Å². The quantitative estimate of drug-likeness (QED) is 0.792. The van der Waals surface area contributed by atoms with Gasteiger partial charge in [-0.05, 0) is 51.6 Å². The maximum absolute atomic E-state index is 11.0. The Balaban J connectivity index is 2.96. The number of hydrogen-bond donors (Lipinski definition) is 0. The fourth-order valence-electron chi connectivity index (χ4n) is 1.08. The van der Waals surface area contributed by atoms with Crippen LogP contribution in [-0.2, 0) is 6.42 Å². The molecule has 0 unspecified atom stereocenters. The van der Waals surface area contributed by atoms with E-state index in [0.717, 1.165) is 5.56 Å². The van der Waals surface area contributed by atoms with E-state index in [4.69, 9.17) is 16.9 Å². The normalized spacial score (nSPS) is 9.50. The van der Waals surface area contributed by atoms with E-state index in [-0.39, 0.29) is 0 Å². The van der Waals surface area contributed by atoms with Crippen molar-refractivity contribution in [3.05, 3.63) is 33.8 Å². The number of nitriles is 1. The van der Waals surface area contributed by atoms with Gasteiger partial charge in [0.15, 0.2) is 0 Å². The zero-order valence-electron chi connectivity index (χ0n) is 7.26. The van der Waals surface area contributed by atoms with E-state index >= 15 is 0 Å². The molecule has 1 aromatic rings. The van der Waals surface area contributed by atoms with Crippen molar-refractivity contribution in [3.63, 3.8) is 0 Å². The molecule has 0 spiro atoms. The summed E-state index contributed by atoms with van der Waals surface area (Å²) in [5.41, 5.74) is 1.39. The van der Waals surface area contributed by atoms with Crippen LogP contribution in [0.25, 0.3) is 0 Å². The molecule has 0 amide bonds. The molecule has 1 aromatic carbocycles. The lowest BCUT2D eigenvalue weighted by atomic mass is 10.1. The summed E-state index contributed by atoms with van der Waals surface area (Å²) in [6.07, 6.45) is 1.08. The topological polar surface area (TPSA) is 40.9 Å². The van der Waals surface area contributed by atoms with E-state index in [0.29, 0.717) is 22.9 Å². The molecule has 0 saturated heterocycles. The van der Waals surface area contributed by atoms with Crippen molar-refractivity contribution in [2.75, 3.05) is 0 Å². The van der Waals surface area contributed by atoms with Crippen molar-refractivity contribution >= 4 is 32.8 Å². The minimum Gasteiger partial charge on any atom is -0.276 e. The van der Waals surface area contributed by atoms with E-state index in [1.54, 1.807) is 12.1 Å². The molecule has 0 aliphatic heterocycles. The second-order valence-electron chi connectivity index (χ2n) is 2.75. The molecule has 0 aliphatic carbocycles. The molecular weight excluding hydrogens is 265 g/mol. The van der Waals surface area contributed by atoms with E-state index < -0.39 is 5.24 Å². The summed E-state index contributed by atoms with van der Waals surface area (Å²) in [5.74, 6) is 0. The Labute approximate surface area is 95.6 Å². The molecule has 0 radical (unpaired) electrons. The Hall–Kier alpha value is -0.850. The van der Waals surface area contributed by atoms with Crippen molar-refractivity contribution in [3.8, 4) is 6.07 Å². The number of benzene rings is 1. The van der Waals surface area contributed by atoms with Gasteiger partial charge in [0, 0.05) is 16.5 Å². The first-order valence-electron chi connectivity index (χ1n) is 4.00. The van der Waals surface area contributed by atoms with Crippen molar-refractivity contribution in [1.29, 1.82) is 5.26 Å². The lowest BCUT2D eigenvalue weighted by molar-refractivity contribution is 0.108. The fraction of sp³-hybridized carbons (Fsp3) is 0.200. The zero-order valence-corrected chi connectivity index (χ0v) is 9.60. The van der Waals surface area contributed by atoms with Crippen LogP contribution >= 0.6 is 27.5 Å². The Morgan fingerprint density at radius 1 is 1.57 bits per heavy atom. The van der Waals surface area contributed by atoms with Gasteiger partial charge in [-0.15, -0.1) is 0 Å². The van der Waals surface area contributed by atoms with Gasteiger partial charge >= 0.3 is 0 Å². The molecule has 0 fully saturated rings. The third-order valence-electron chi connectivity index (χ3n) is 1.77. The summed E-state index contributed by atoms with van der Waals surface area (Å²) in [6, 6.07) is 7.39. The Kier molecular flexibility index (Phi) is 4.12. The Bertz CT molecular complexity index is 398. The molecule has 1 rings (SSSR count). The van der Waals surface area contributed by atoms with Gasteiger partial charge in [0.1, 0.15) is 0 Å². The van der Waals surface area contributed by atoms with E-state index in [1.165, 1.54) is 0 Å². The maximum atomic E-state index is 11.0. The molecule has 2 nitrogen and oxygen atoms in total. The molecule has 0 bridgehead atoms. The van der Waals surface area contributed by atoms with Crippen LogP contribution in [0.3, 0.4) is 0 Å².